The first-order valence-corrected chi connectivity index (χ1v) is 8.63. The van der Waals surface area contributed by atoms with Crippen molar-refractivity contribution in [1.82, 2.24) is 19.7 Å². The molecule has 0 unspecified atom stereocenters. The summed E-state index contributed by atoms with van der Waals surface area (Å²) in [6.07, 6.45) is 4.84. The molecule has 0 aliphatic carbocycles. The van der Waals surface area contributed by atoms with Crippen LogP contribution in [0.1, 0.15) is 11.3 Å². The molecule has 6 nitrogen and oxygen atoms in total. The molecule has 0 fully saturated rings. The van der Waals surface area contributed by atoms with E-state index in [1.165, 1.54) is 6.08 Å². The minimum absolute atomic E-state index is 0.0805. The number of carbonyl (C=O) groups is 1. The first-order chi connectivity index (χ1) is 13.2. The first kappa shape index (κ1) is 16.7. The molecule has 0 bridgehead atoms. The predicted molar refractivity (Wildman–Crippen MR) is 101 cm³/mol. The number of nitriles is 1. The van der Waals surface area contributed by atoms with Crippen LogP contribution in [0.5, 0.6) is 0 Å². The minimum atomic E-state index is -0.0805. The zero-order valence-electron chi connectivity index (χ0n) is 14.7. The number of rotatable bonds is 3. The van der Waals surface area contributed by atoms with Gasteiger partial charge in [0, 0.05) is 30.1 Å². The smallest absolute Gasteiger partial charge is 0.246 e. The Labute approximate surface area is 157 Å². The van der Waals surface area contributed by atoms with Gasteiger partial charge in [-0.25, -0.2) is 0 Å². The average Bonchev–Trinajstić information content (AvgIpc) is 3.12. The highest BCUT2D eigenvalue weighted by Gasteiger charge is 2.27. The number of fused-ring (bicyclic) bond motifs is 1. The van der Waals surface area contributed by atoms with Crippen LogP contribution >= 0.6 is 0 Å². The highest BCUT2D eigenvalue weighted by atomic mass is 16.2. The number of aromatic nitrogens is 3. The van der Waals surface area contributed by atoms with Gasteiger partial charge in [0.25, 0.3) is 0 Å². The Morgan fingerprint density at radius 1 is 1.11 bits per heavy atom. The molecule has 0 atom stereocenters. The normalized spacial score (nSPS) is 12.9. The van der Waals surface area contributed by atoms with E-state index in [0.717, 1.165) is 28.1 Å². The monoisotopic (exact) mass is 355 g/mol. The number of hydrogen-bond donors (Lipinski definition) is 0. The average molecular weight is 355 g/mol. The van der Waals surface area contributed by atoms with Crippen molar-refractivity contribution in [3.63, 3.8) is 0 Å². The van der Waals surface area contributed by atoms with Crippen LogP contribution in [0.15, 0.2) is 61.4 Å². The van der Waals surface area contributed by atoms with Crippen molar-refractivity contribution in [1.29, 1.82) is 5.26 Å². The summed E-state index contributed by atoms with van der Waals surface area (Å²) in [6, 6.07) is 13.4. The number of amides is 1. The van der Waals surface area contributed by atoms with Gasteiger partial charge in [0.2, 0.25) is 5.91 Å². The molecule has 2 aromatic heterocycles. The molecule has 1 amide bonds. The largest absolute Gasteiger partial charge is 0.331 e. The fraction of sp³-hybridized carbons (Fsp3) is 0.143. The third kappa shape index (κ3) is 3.00. The maximum absolute atomic E-state index is 12.1. The molecular weight excluding hydrogens is 338 g/mol. The fourth-order valence-corrected chi connectivity index (χ4v) is 3.36. The summed E-state index contributed by atoms with van der Waals surface area (Å²) in [5.74, 6) is -0.0805. The second-order valence-electron chi connectivity index (χ2n) is 6.28. The van der Waals surface area contributed by atoms with Crippen molar-refractivity contribution in [2.24, 2.45) is 0 Å². The predicted octanol–water partition coefficient (Wildman–Crippen LogP) is 3.01. The van der Waals surface area contributed by atoms with Crippen LogP contribution in [0.3, 0.4) is 0 Å². The molecule has 1 aliphatic heterocycles. The third-order valence-corrected chi connectivity index (χ3v) is 4.72. The molecule has 27 heavy (non-hydrogen) atoms. The number of nitrogens with zero attached hydrogens (tertiary/aromatic N) is 5. The van der Waals surface area contributed by atoms with Gasteiger partial charge in [0.1, 0.15) is 5.69 Å². The Bertz CT molecular complexity index is 1040. The summed E-state index contributed by atoms with van der Waals surface area (Å²) in [5, 5.41) is 13.9. The zero-order chi connectivity index (χ0) is 18.8. The van der Waals surface area contributed by atoms with Crippen molar-refractivity contribution < 1.29 is 4.79 Å². The van der Waals surface area contributed by atoms with Gasteiger partial charge in [0.15, 0.2) is 0 Å². The second kappa shape index (κ2) is 6.89. The van der Waals surface area contributed by atoms with Crippen LogP contribution in [-0.4, -0.2) is 32.1 Å². The molecule has 4 rings (SSSR count). The van der Waals surface area contributed by atoms with Crippen molar-refractivity contribution in [2.75, 3.05) is 6.54 Å². The summed E-state index contributed by atoms with van der Waals surface area (Å²) in [4.78, 5) is 18.0. The number of pyridine rings is 1. The molecule has 3 aromatic rings. The molecular formula is C21H17N5O. The second-order valence-corrected chi connectivity index (χ2v) is 6.28. The van der Waals surface area contributed by atoms with Crippen LogP contribution in [0.25, 0.3) is 22.4 Å². The topological polar surface area (TPSA) is 74.8 Å². The van der Waals surface area contributed by atoms with Crippen LogP contribution in [-0.2, 0) is 17.9 Å². The molecule has 0 saturated carbocycles. The lowest BCUT2D eigenvalue weighted by Crippen LogP contribution is -2.37. The van der Waals surface area contributed by atoms with E-state index in [1.807, 2.05) is 28.9 Å². The highest BCUT2D eigenvalue weighted by molar-refractivity contribution is 5.88. The number of hydrogen-bond acceptors (Lipinski definition) is 4. The minimum Gasteiger partial charge on any atom is -0.331 e. The number of benzene rings is 1. The van der Waals surface area contributed by atoms with Gasteiger partial charge >= 0.3 is 0 Å². The van der Waals surface area contributed by atoms with Crippen LogP contribution in [0, 0.1) is 11.3 Å². The van der Waals surface area contributed by atoms with E-state index < -0.39 is 0 Å². The number of carbonyl (C=O) groups excluding carboxylic acids is 1. The zero-order valence-corrected chi connectivity index (χ0v) is 14.7. The molecule has 1 aromatic carbocycles. The SMILES string of the molecule is C=CC(=O)N1CCn2nc(-c3ccc(C#N)cc3)c(-c3ccncc3)c2C1. The molecule has 0 spiro atoms. The molecule has 0 radical (unpaired) electrons. The van der Waals surface area contributed by atoms with Gasteiger partial charge in [-0.15, -0.1) is 0 Å². The third-order valence-electron chi connectivity index (χ3n) is 4.72. The molecule has 1 aliphatic rings. The lowest BCUT2D eigenvalue weighted by molar-refractivity contribution is -0.127. The van der Waals surface area contributed by atoms with Crippen LogP contribution in [0.2, 0.25) is 0 Å². The van der Waals surface area contributed by atoms with Crippen molar-refractivity contribution in [2.45, 2.75) is 13.1 Å². The molecule has 6 heteroatoms. The van der Waals surface area contributed by atoms with Crippen molar-refractivity contribution >= 4 is 5.91 Å². The van der Waals surface area contributed by atoms with Crippen LogP contribution in [0.4, 0.5) is 0 Å². The lowest BCUT2D eigenvalue weighted by atomic mass is 9.98. The Morgan fingerprint density at radius 3 is 2.52 bits per heavy atom. The van der Waals surface area contributed by atoms with Gasteiger partial charge in [-0.2, -0.15) is 10.4 Å². The summed E-state index contributed by atoms with van der Waals surface area (Å²) >= 11 is 0. The van der Waals surface area contributed by atoms with E-state index in [1.54, 1.807) is 29.4 Å². The summed E-state index contributed by atoms with van der Waals surface area (Å²) in [5.41, 5.74) is 5.36. The van der Waals surface area contributed by atoms with E-state index in [2.05, 4.69) is 17.6 Å². The standard InChI is InChI=1S/C21H17N5O/c1-2-19(27)25-11-12-26-18(14-25)20(16-7-9-23-10-8-16)21(24-26)17-5-3-15(13-22)4-6-17/h2-10H,1,11-12,14H2. The molecule has 3 heterocycles. The van der Waals surface area contributed by atoms with Crippen LogP contribution < -0.4 is 0 Å². The van der Waals surface area contributed by atoms with E-state index in [0.29, 0.717) is 25.2 Å². The maximum Gasteiger partial charge on any atom is 0.246 e. The van der Waals surface area contributed by atoms with Gasteiger partial charge in [0.05, 0.1) is 30.4 Å². The first-order valence-electron chi connectivity index (χ1n) is 8.63. The van der Waals surface area contributed by atoms with Gasteiger partial charge < -0.3 is 4.90 Å². The Kier molecular flexibility index (Phi) is 4.27. The Morgan fingerprint density at radius 2 is 1.85 bits per heavy atom. The Balaban J connectivity index is 1.87. The summed E-state index contributed by atoms with van der Waals surface area (Å²) in [7, 11) is 0. The van der Waals surface area contributed by atoms with E-state index >= 15 is 0 Å². The van der Waals surface area contributed by atoms with Gasteiger partial charge in [-0.1, -0.05) is 18.7 Å². The lowest BCUT2D eigenvalue weighted by Gasteiger charge is -2.27. The van der Waals surface area contributed by atoms with E-state index in [-0.39, 0.29) is 5.91 Å². The Hall–Kier alpha value is -3.72. The fourth-order valence-electron chi connectivity index (χ4n) is 3.36. The summed E-state index contributed by atoms with van der Waals surface area (Å²) in [6.45, 7) is 5.30. The molecule has 0 saturated heterocycles. The quantitative estimate of drug-likeness (QED) is 0.677. The van der Waals surface area contributed by atoms with E-state index in [9.17, 15) is 4.79 Å². The van der Waals surface area contributed by atoms with E-state index in [4.69, 9.17) is 10.4 Å². The molecule has 0 N–H and O–H groups in total. The van der Waals surface area contributed by atoms with Gasteiger partial charge in [-0.3, -0.25) is 14.5 Å². The van der Waals surface area contributed by atoms with Gasteiger partial charge in [-0.05, 0) is 35.9 Å². The van der Waals surface area contributed by atoms with Crippen molar-refractivity contribution in [3.8, 4) is 28.5 Å². The molecule has 132 valence electrons. The highest BCUT2D eigenvalue weighted by Crippen LogP contribution is 2.36. The maximum atomic E-state index is 12.1. The van der Waals surface area contributed by atoms with Crippen molar-refractivity contribution in [3.05, 3.63) is 72.7 Å². The summed E-state index contributed by atoms with van der Waals surface area (Å²) < 4.78 is 1.97.